The van der Waals surface area contributed by atoms with Crippen LogP contribution in [0.5, 0.6) is 5.75 Å². The van der Waals surface area contributed by atoms with Crippen LogP contribution in [0.4, 0.5) is 10.1 Å². The van der Waals surface area contributed by atoms with Gasteiger partial charge < -0.3 is 15.0 Å². The number of anilines is 1. The van der Waals surface area contributed by atoms with Gasteiger partial charge in [-0.2, -0.15) is 0 Å². The summed E-state index contributed by atoms with van der Waals surface area (Å²) < 4.78 is 61.2. The molecular weight excluding hydrogens is 383 g/mol. The number of nitrogens with one attached hydrogen (secondary N) is 1. The third kappa shape index (κ3) is 3.35. The molecule has 2 atom stereocenters. The maximum atomic E-state index is 13.0. The lowest BCUT2D eigenvalue weighted by atomic mass is 9.90. The number of benzene rings is 1. The lowest BCUT2D eigenvalue weighted by Gasteiger charge is -2.31. The van der Waals surface area contributed by atoms with E-state index < -0.39 is 25.2 Å². The molecular formula is C23H23FN4O2. The Morgan fingerprint density at radius 2 is 2.27 bits per heavy atom. The molecule has 1 aromatic carbocycles. The van der Waals surface area contributed by atoms with Crippen molar-refractivity contribution < 1.29 is 16.0 Å². The van der Waals surface area contributed by atoms with Gasteiger partial charge in [0.05, 0.1) is 17.6 Å². The van der Waals surface area contributed by atoms with Crippen LogP contribution in [0.15, 0.2) is 59.7 Å². The van der Waals surface area contributed by atoms with Gasteiger partial charge in [0.15, 0.2) is 0 Å². The largest absolute Gasteiger partial charge is 0.487 e. The number of pyridine rings is 2. The standard InChI is InChI=1S/C23H23FN4O2/c1-27-21-6-8-25-13-20(21)19-5-4-17(10-22(19)27)28-9-7-18(11-23(28)29)30-14-16-3-2-15(24)12-26-16/h2-5,7,9-12,20-21,25H,6,8,13-14H2,1H3/i1D3,6D2. The van der Waals surface area contributed by atoms with Gasteiger partial charge in [-0.05, 0) is 48.8 Å². The Balaban J connectivity index is 1.45. The van der Waals surface area contributed by atoms with E-state index in [0.29, 0.717) is 29.4 Å². The van der Waals surface area contributed by atoms with E-state index in [4.69, 9.17) is 11.6 Å². The predicted molar refractivity (Wildman–Crippen MR) is 113 cm³/mol. The van der Waals surface area contributed by atoms with Crippen molar-refractivity contribution in [3.63, 3.8) is 0 Å². The molecule has 1 fully saturated rings. The number of likely N-dealkylation sites (N-methyl/N-ethyl adjacent to an activating group) is 1. The Kier molecular flexibility index (Phi) is 3.51. The Morgan fingerprint density at radius 1 is 1.33 bits per heavy atom. The average Bonchev–Trinajstić information content (AvgIpc) is 3.14. The molecule has 2 unspecified atom stereocenters. The predicted octanol–water partition coefficient (Wildman–Crippen LogP) is 2.85. The molecule has 2 aromatic heterocycles. The maximum absolute atomic E-state index is 13.0. The number of ether oxygens (including phenoxy) is 1. The monoisotopic (exact) mass is 411 g/mol. The molecule has 30 heavy (non-hydrogen) atoms. The molecule has 0 saturated carbocycles. The van der Waals surface area contributed by atoms with Gasteiger partial charge in [0, 0.05) is 50.3 Å². The molecule has 1 N–H and O–H groups in total. The summed E-state index contributed by atoms with van der Waals surface area (Å²) >= 11 is 0. The minimum absolute atomic E-state index is 0.0644. The van der Waals surface area contributed by atoms with Crippen molar-refractivity contribution in [2.24, 2.45) is 0 Å². The second-order valence-electron chi connectivity index (χ2n) is 7.33. The summed E-state index contributed by atoms with van der Waals surface area (Å²) in [6.45, 7) is -1.95. The summed E-state index contributed by atoms with van der Waals surface area (Å²) in [7, 11) is 0. The van der Waals surface area contributed by atoms with E-state index in [0.717, 1.165) is 11.8 Å². The summed E-state index contributed by atoms with van der Waals surface area (Å²) in [6, 6.07) is 9.96. The van der Waals surface area contributed by atoms with Crippen LogP contribution in [0, 0.1) is 5.82 Å². The highest BCUT2D eigenvalue weighted by Gasteiger charge is 2.37. The molecule has 5 rings (SSSR count). The minimum Gasteiger partial charge on any atom is -0.487 e. The van der Waals surface area contributed by atoms with E-state index in [1.54, 1.807) is 24.3 Å². The summed E-state index contributed by atoms with van der Waals surface area (Å²) in [5, 5.41) is 3.07. The van der Waals surface area contributed by atoms with E-state index >= 15 is 0 Å². The quantitative estimate of drug-likeness (QED) is 0.716. The topological polar surface area (TPSA) is 59.4 Å². The van der Waals surface area contributed by atoms with Gasteiger partial charge >= 0.3 is 0 Å². The van der Waals surface area contributed by atoms with Crippen LogP contribution in [0.1, 0.15) is 30.4 Å². The number of halogens is 1. The van der Waals surface area contributed by atoms with E-state index in [2.05, 4.69) is 10.3 Å². The van der Waals surface area contributed by atoms with Crippen LogP contribution in [-0.2, 0) is 6.61 Å². The Bertz CT molecular complexity index is 1310. The molecule has 154 valence electrons. The lowest BCUT2D eigenvalue weighted by molar-refractivity contribution is 0.300. The molecule has 7 heteroatoms. The number of aromatic nitrogens is 2. The number of hydrogen-bond acceptors (Lipinski definition) is 5. The van der Waals surface area contributed by atoms with Gasteiger partial charge in [0.25, 0.3) is 5.56 Å². The van der Waals surface area contributed by atoms with Crippen molar-refractivity contribution in [2.45, 2.75) is 24.9 Å². The van der Waals surface area contributed by atoms with E-state index in [-0.39, 0.29) is 24.6 Å². The zero-order chi connectivity index (χ0) is 25.0. The van der Waals surface area contributed by atoms with Gasteiger partial charge in [-0.25, -0.2) is 4.39 Å². The first-order chi connectivity index (χ1) is 16.5. The molecule has 0 spiro atoms. The lowest BCUT2D eigenvalue weighted by Crippen LogP contribution is -2.42. The first kappa shape index (κ1) is 13.9. The number of fused-ring (bicyclic) bond motifs is 3. The van der Waals surface area contributed by atoms with Crippen LogP contribution in [0.2, 0.25) is 0 Å². The fourth-order valence-electron chi connectivity index (χ4n) is 3.98. The fraction of sp³-hybridized carbons (Fsp3) is 0.304. The smallest absolute Gasteiger partial charge is 0.258 e. The Hall–Kier alpha value is -3.19. The van der Waals surface area contributed by atoms with Crippen LogP contribution in [-0.4, -0.2) is 35.7 Å². The zero-order valence-corrected chi connectivity index (χ0v) is 16.0. The number of nitrogens with zero attached hydrogens (tertiary/aromatic N) is 3. The van der Waals surface area contributed by atoms with Gasteiger partial charge in [-0.15, -0.1) is 0 Å². The normalized spacial score (nSPS) is 24.6. The molecule has 4 heterocycles. The van der Waals surface area contributed by atoms with E-state index in [1.165, 1.54) is 33.9 Å². The van der Waals surface area contributed by atoms with Crippen LogP contribution in [0.3, 0.4) is 0 Å². The van der Waals surface area contributed by atoms with Crippen LogP contribution in [0.25, 0.3) is 5.69 Å². The van der Waals surface area contributed by atoms with Gasteiger partial charge in [0.1, 0.15) is 18.2 Å². The Morgan fingerprint density at radius 3 is 3.07 bits per heavy atom. The first-order valence-corrected chi connectivity index (χ1v) is 9.65. The number of hydrogen-bond donors (Lipinski definition) is 1. The average molecular weight is 411 g/mol. The second kappa shape index (κ2) is 7.57. The summed E-state index contributed by atoms with van der Waals surface area (Å²) in [5.74, 6) is -0.460. The first-order valence-electron chi connectivity index (χ1n) is 12.1. The highest BCUT2D eigenvalue weighted by Crippen LogP contribution is 2.42. The molecule has 0 bridgehead atoms. The summed E-state index contributed by atoms with van der Waals surface area (Å²) in [5.41, 5.74) is 1.73. The Labute approximate surface area is 181 Å². The number of piperidine rings is 1. The molecule has 1 saturated heterocycles. The SMILES string of the molecule is [2H]C1([2H])CNCC2c3ccc(-n4ccc(OCc5ccc(F)cn5)cc4=O)cc3N(C([2H])([2H])[2H])C21. The van der Waals surface area contributed by atoms with Crippen molar-refractivity contribution in [3.05, 3.63) is 82.3 Å². The third-order valence-electron chi connectivity index (χ3n) is 5.48. The molecule has 0 radical (unpaired) electrons. The molecule has 2 aliphatic rings. The van der Waals surface area contributed by atoms with Gasteiger partial charge in [0.2, 0.25) is 0 Å². The van der Waals surface area contributed by atoms with Crippen molar-refractivity contribution >= 4 is 5.69 Å². The molecule has 6 nitrogen and oxygen atoms in total. The van der Waals surface area contributed by atoms with E-state index in [1.807, 2.05) is 0 Å². The van der Waals surface area contributed by atoms with Gasteiger partial charge in [-0.1, -0.05) is 6.07 Å². The highest BCUT2D eigenvalue weighted by atomic mass is 19.1. The van der Waals surface area contributed by atoms with Crippen molar-refractivity contribution in [1.82, 2.24) is 14.9 Å². The molecule has 0 amide bonds. The summed E-state index contributed by atoms with van der Waals surface area (Å²) in [4.78, 5) is 18.0. The maximum Gasteiger partial charge on any atom is 0.258 e. The fourth-order valence-corrected chi connectivity index (χ4v) is 3.98. The van der Waals surface area contributed by atoms with Crippen molar-refractivity contribution in [1.29, 1.82) is 0 Å². The third-order valence-corrected chi connectivity index (χ3v) is 5.48. The van der Waals surface area contributed by atoms with Crippen molar-refractivity contribution in [3.8, 4) is 11.4 Å². The molecule has 0 aliphatic carbocycles. The summed E-state index contributed by atoms with van der Waals surface area (Å²) in [6.07, 6.45) is 0.871. The number of rotatable bonds is 4. The van der Waals surface area contributed by atoms with Crippen molar-refractivity contribution in [2.75, 3.05) is 25.0 Å². The molecule has 3 aromatic rings. The second-order valence-corrected chi connectivity index (χ2v) is 7.33. The van der Waals surface area contributed by atoms with Crippen LogP contribution < -0.4 is 20.5 Å². The molecule has 2 aliphatic heterocycles. The zero-order valence-electron chi connectivity index (χ0n) is 21.0. The van der Waals surface area contributed by atoms with E-state index in [9.17, 15) is 9.18 Å². The highest BCUT2D eigenvalue weighted by molar-refractivity contribution is 5.65. The van der Waals surface area contributed by atoms with Gasteiger partial charge in [-0.3, -0.25) is 14.3 Å². The van der Waals surface area contributed by atoms with Crippen LogP contribution >= 0.6 is 0 Å². The minimum atomic E-state index is -2.55.